The zero-order valence-corrected chi connectivity index (χ0v) is 16.4. The molecule has 8 nitrogen and oxygen atoms in total. The first-order chi connectivity index (χ1) is 14.2. The van der Waals surface area contributed by atoms with Gasteiger partial charge in [0.15, 0.2) is 5.78 Å². The van der Waals surface area contributed by atoms with Gasteiger partial charge in [-0.15, -0.1) is 0 Å². The van der Waals surface area contributed by atoms with E-state index in [1.54, 1.807) is 23.1 Å². The van der Waals surface area contributed by atoms with Crippen LogP contribution in [-0.2, 0) is 16.0 Å². The summed E-state index contributed by atoms with van der Waals surface area (Å²) >= 11 is 0. The second kappa shape index (κ2) is 9.93. The summed E-state index contributed by atoms with van der Waals surface area (Å²) in [6.45, 7) is 1.67. The standard InChI is InChI=1S/C20H21FN2O4.CH2O2/c1-13(24)15-5-6-18(22-11-15)23-8-7-17(25)20(12-23,19(26)27)10-14-3-2-4-16(21)9-14;2-1-3/h2-6,9,11,17,25H,7-8,10,12H2,1H3,(H,26,27);1H,(H,2,3)/t17-,20+;/m0./s1. The Bertz CT molecular complexity index is 905. The van der Waals surface area contributed by atoms with Crippen LogP contribution in [0.5, 0.6) is 0 Å². The Hall–Kier alpha value is -3.33. The molecule has 0 bridgehead atoms. The van der Waals surface area contributed by atoms with Gasteiger partial charge in [-0.05, 0) is 49.6 Å². The van der Waals surface area contributed by atoms with Gasteiger partial charge in [0.2, 0.25) is 0 Å². The smallest absolute Gasteiger partial charge is 0.314 e. The predicted molar refractivity (Wildman–Crippen MR) is 106 cm³/mol. The summed E-state index contributed by atoms with van der Waals surface area (Å²) in [7, 11) is 0. The number of hydrogen-bond acceptors (Lipinski definition) is 6. The van der Waals surface area contributed by atoms with Crippen LogP contribution in [0.15, 0.2) is 42.6 Å². The number of pyridine rings is 1. The van der Waals surface area contributed by atoms with E-state index >= 15 is 0 Å². The number of carbonyl (C=O) groups excluding carboxylic acids is 1. The number of anilines is 1. The number of carboxylic acid groups (broad SMARTS) is 2. The third-order valence-electron chi connectivity index (χ3n) is 5.10. The molecule has 3 N–H and O–H groups in total. The Morgan fingerprint density at radius 2 is 2.03 bits per heavy atom. The fraction of sp³-hybridized carbons (Fsp3) is 0.333. The number of aromatic nitrogens is 1. The van der Waals surface area contributed by atoms with Crippen LogP contribution in [0.1, 0.15) is 29.3 Å². The first-order valence-corrected chi connectivity index (χ1v) is 9.19. The van der Waals surface area contributed by atoms with Crippen LogP contribution in [0.2, 0.25) is 0 Å². The Morgan fingerprint density at radius 3 is 2.57 bits per heavy atom. The van der Waals surface area contributed by atoms with E-state index in [1.807, 2.05) is 0 Å². The van der Waals surface area contributed by atoms with E-state index in [4.69, 9.17) is 9.90 Å². The molecule has 1 aliphatic heterocycles. The Kier molecular flexibility index (Phi) is 7.60. The molecule has 1 aliphatic rings. The zero-order chi connectivity index (χ0) is 22.3. The maximum atomic E-state index is 13.5. The van der Waals surface area contributed by atoms with Crippen molar-refractivity contribution in [2.45, 2.75) is 25.9 Å². The molecule has 0 aliphatic carbocycles. The number of rotatable bonds is 5. The average Bonchev–Trinajstić information content (AvgIpc) is 2.70. The van der Waals surface area contributed by atoms with E-state index < -0.39 is 23.3 Å². The number of Topliss-reactive ketones (excluding diaryl/α,β-unsaturated/α-hetero) is 1. The van der Waals surface area contributed by atoms with E-state index in [0.717, 1.165) is 0 Å². The van der Waals surface area contributed by atoms with Crippen LogP contribution in [0, 0.1) is 11.2 Å². The van der Waals surface area contributed by atoms with Gasteiger partial charge in [-0.1, -0.05) is 12.1 Å². The molecule has 3 rings (SSSR count). The summed E-state index contributed by atoms with van der Waals surface area (Å²) in [5, 5.41) is 27.4. The van der Waals surface area contributed by atoms with Crippen molar-refractivity contribution in [3.8, 4) is 0 Å². The van der Waals surface area contributed by atoms with Crippen LogP contribution in [0.3, 0.4) is 0 Å². The van der Waals surface area contributed by atoms with Crippen molar-refractivity contribution in [1.29, 1.82) is 0 Å². The number of aliphatic carboxylic acids is 1. The van der Waals surface area contributed by atoms with E-state index in [0.29, 0.717) is 23.5 Å². The van der Waals surface area contributed by atoms with Crippen molar-refractivity contribution in [1.82, 2.24) is 4.98 Å². The molecule has 2 heterocycles. The van der Waals surface area contributed by atoms with Gasteiger partial charge in [-0.3, -0.25) is 14.4 Å². The number of benzene rings is 1. The number of aliphatic hydroxyl groups excluding tert-OH is 1. The maximum Gasteiger partial charge on any atom is 0.314 e. The van der Waals surface area contributed by atoms with Gasteiger partial charge in [0.1, 0.15) is 17.1 Å². The minimum absolute atomic E-state index is 0.00326. The van der Waals surface area contributed by atoms with E-state index in [-0.39, 0.29) is 31.6 Å². The summed E-state index contributed by atoms with van der Waals surface area (Å²) in [5.41, 5.74) is -0.495. The largest absolute Gasteiger partial charge is 0.483 e. The second-order valence-electron chi connectivity index (χ2n) is 7.06. The number of carbonyl (C=O) groups is 3. The fourth-order valence-electron chi connectivity index (χ4n) is 3.53. The van der Waals surface area contributed by atoms with E-state index in [9.17, 15) is 24.2 Å². The molecule has 1 aromatic carbocycles. The van der Waals surface area contributed by atoms with Crippen molar-refractivity contribution in [3.63, 3.8) is 0 Å². The van der Waals surface area contributed by atoms with Crippen molar-refractivity contribution in [3.05, 3.63) is 59.5 Å². The van der Waals surface area contributed by atoms with Gasteiger partial charge >= 0.3 is 5.97 Å². The van der Waals surface area contributed by atoms with Crippen LogP contribution >= 0.6 is 0 Å². The van der Waals surface area contributed by atoms with Gasteiger partial charge < -0.3 is 20.2 Å². The third kappa shape index (κ3) is 5.18. The molecule has 0 radical (unpaired) electrons. The highest BCUT2D eigenvalue weighted by atomic mass is 19.1. The van der Waals surface area contributed by atoms with Crippen LogP contribution in [-0.4, -0.2) is 57.7 Å². The van der Waals surface area contributed by atoms with E-state index in [1.165, 1.54) is 31.3 Å². The summed E-state index contributed by atoms with van der Waals surface area (Å²) in [6.07, 6.45) is 0.643. The van der Waals surface area contributed by atoms with Gasteiger partial charge in [0.05, 0.1) is 6.10 Å². The number of aliphatic hydroxyl groups is 1. The highest BCUT2D eigenvalue weighted by Crippen LogP contribution is 2.36. The molecule has 2 aromatic rings. The lowest BCUT2D eigenvalue weighted by Crippen LogP contribution is -2.57. The number of hydrogen-bond donors (Lipinski definition) is 3. The molecule has 1 fully saturated rings. The number of ketones is 1. The SMILES string of the molecule is CC(=O)c1ccc(N2CC[C@H](O)[C@](Cc3cccc(F)c3)(C(=O)O)C2)nc1.O=CO. The molecule has 9 heteroatoms. The number of piperidine rings is 1. The molecule has 0 spiro atoms. The molecule has 30 heavy (non-hydrogen) atoms. The fourth-order valence-corrected chi connectivity index (χ4v) is 3.53. The Balaban J connectivity index is 0.00000101. The minimum Gasteiger partial charge on any atom is -0.483 e. The third-order valence-corrected chi connectivity index (χ3v) is 5.10. The van der Waals surface area contributed by atoms with Gasteiger partial charge in [-0.25, -0.2) is 9.37 Å². The monoisotopic (exact) mass is 418 g/mol. The highest BCUT2D eigenvalue weighted by molar-refractivity contribution is 5.93. The van der Waals surface area contributed by atoms with Gasteiger partial charge in [-0.2, -0.15) is 0 Å². The average molecular weight is 418 g/mol. The molecule has 1 aromatic heterocycles. The van der Waals surface area contributed by atoms with Crippen molar-refractivity contribution in [2.75, 3.05) is 18.0 Å². The summed E-state index contributed by atoms with van der Waals surface area (Å²) in [5.74, 6) is -1.15. The molecule has 0 unspecified atom stereocenters. The topological polar surface area (TPSA) is 128 Å². The van der Waals surface area contributed by atoms with E-state index in [2.05, 4.69) is 4.98 Å². The Labute approximate surface area is 172 Å². The minimum atomic E-state index is -1.48. The normalized spacial score (nSPS) is 20.6. The number of nitrogens with zero attached hydrogens (tertiary/aromatic N) is 2. The lowest BCUT2D eigenvalue weighted by Gasteiger charge is -2.44. The molecule has 0 amide bonds. The summed E-state index contributed by atoms with van der Waals surface area (Å²) < 4.78 is 13.5. The first kappa shape index (κ1) is 23.0. The van der Waals surface area contributed by atoms with Gasteiger partial charge in [0, 0.05) is 24.8 Å². The number of carboxylic acids is 1. The first-order valence-electron chi connectivity index (χ1n) is 9.19. The highest BCUT2D eigenvalue weighted by Gasteiger charge is 2.49. The molecular weight excluding hydrogens is 395 g/mol. The molecular formula is C21H23FN2O6. The number of halogens is 1. The Morgan fingerprint density at radius 1 is 1.33 bits per heavy atom. The molecule has 2 atom stereocenters. The summed E-state index contributed by atoms with van der Waals surface area (Å²) in [6, 6.07) is 9.07. The van der Waals surface area contributed by atoms with Crippen molar-refractivity contribution < 1.29 is 34.1 Å². The van der Waals surface area contributed by atoms with Crippen LogP contribution in [0.4, 0.5) is 10.2 Å². The zero-order valence-electron chi connectivity index (χ0n) is 16.4. The maximum absolute atomic E-state index is 13.5. The lowest BCUT2D eigenvalue weighted by atomic mass is 9.73. The van der Waals surface area contributed by atoms with Crippen molar-refractivity contribution >= 4 is 24.0 Å². The predicted octanol–water partition coefficient (Wildman–Crippen LogP) is 2.01. The molecule has 0 saturated carbocycles. The van der Waals surface area contributed by atoms with Crippen LogP contribution in [0.25, 0.3) is 0 Å². The van der Waals surface area contributed by atoms with Crippen molar-refractivity contribution in [2.24, 2.45) is 5.41 Å². The van der Waals surface area contributed by atoms with Gasteiger partial charge in [0.25, 0.3) is 6.47 Å². The quantitative estimate of drug-likeness (QED) is 0.497. The van der Waals surface area contributed by atoms with Crippen LogP contribution < -0.4 is 4.90 Å². The summed E-state index contributed by atoms with van der Waals surface area (Å²) in [4.78, 5) is 38.0. The molecule has 1 saturated heterocycles. The second-order valence-corrected chi connectivity index (χ2v) is 7.06. The molecule has 160 valence electrons. The lowest BCUT2D eigenvalue weighted by molar-refractivity contribution is -0.157.